The number of esters is 1. The molecule has 5 rings (SSSR count). The highest BCUT2D eigenvalue weighted by molar-refractivity contribution is 6.05. The van der Waals surface area contributed by atoms with Crippen LogP contribution in [0.3, 0.4) is 0 Å². The first-order valence-electron chi connectivity index (χ1n) is 17.7. The second-order valence-corrected chi connectivity index (χ2v) is 12.4. The number of methoxy groups -OCH3 is 1. The molecule has 2 atom stereocenters. The van der Waals surface area contributed by atoms with Crippen LogP contribution in [0.15, 0.2) is 108 Å². The van der Waals surface area contributed by atoms with Crippen molar-refractivity contribution in [2.45, 2.75) is 39.5 Å². The standard InChI is InChI=1S/C33H32FN5O6.2C4H4O4/c1-19(44-33(42)20(2)35)18-38-21(3)30(32(41)39(38)23-8-6-5-7-9-23)31(40)37-22-10-13-29(26(34)16-22)45-28-14-15-36-27-17-24(43-4)11-12-25(27)28;2*5-3(6)1-2-4(7)8/h5-17,19-20H,18,35H2,1-4H3,(H,37,40);2*1-2H,(H,5,6)(H,7,8)/b;2*2-1+/t19-,20+;;/m1../s1. The highest BCUT2D eigenvalue weighted by Gasteiger charge is 2.26. The molecular weight excluding hydrogens is 805 g/mol. The van der Waals surface area contributed by atoms with Crippen LogP contribution in [0.2, 0.25) is 0 Å². The number of carboxylic acids is 4. The first-order valence-corrected chi connectivity index (χ1v) is 17.7. The van der Waals surface area contributed by atoms with Gasteiger partial charge in [0.25, 0.3) is 11.5 Å². The number of carbonyl (C=O) groups excluding carboxylic acids is 2. The molecule has 3 aromatic carbocycles. The summed E-state index contributed by atoms with van der Waals surface area (Å²) < 4.78 is 34.6. The first kappa shape index (κ1) is 47.2. The van der Waals surface area contributed by atoms with Gasteiger partial charge in [-0.05, 0) is 63.2 Å². The van der Waals surface area contributed by atoms with Crippen LogP contribution in [0.5, 0.6) is 17.2 Å². The maximum Gasteiger partial charge on any atom is 0.328 e. The number of carboxylic acid groups (broad SMARTS) is 4. The van der Waals surface area contributed by atoms with Crippen LogP contribution in [-0.2, 0) is 35.3 Å². The number of nitrogens with one attached hydrogen (secondary N) is 1. The Bertz CT molecular complexity index is 2460. The monoisotopic (exact) mass is 845 g/mol. The van der Waals surface area contributed by atoms with E-state index in [1.807, 2.05) is 0 Å². The van der Waals surface area contributed by atoms with Gasteiger partial charge >= 0.3 is 29.8 Å². The fourth-order valence-corrected chi connectivity index (χ4v) is 5.12. The molecule has 61 heavy (non-hydrogen) atoms. The average molecular weight is 846 g/mol. The van der Waals surface area contributed by atoms with Gasteiger partial charge < -0.3 is 45.7 Å². The lowest BCUT2D eigenvalue weighted by atomic mass is 10.2. The van der Waals surface area contributed by atoms with E-state index in [9.17, 15) is 33.6 Å². The van der Waals surface area contributed by atoms with Gasteiger partial charge in [0.15, 0.2) is 11.6 Å². The summed E-state index contributed by atoms with van der Waals surface area (Å²) in [7, 11) is 1.55. The Hall–Kier alpha value is -8.13. The van der Waals surface area contributed by atoms with E-state index in [1.54, 1.807) is 86.4 Å². The van der Waals surface area contributed by atoms with Crippen LogP contribution < -0.4 is 26.1 Å². The lowest BCUT2D eigenvalue weighted by molar-refractivity contribution is -0.150. The van der Waals surface area contributed by atoms with Gasteiger partial charge in [-0.2, -0.15) is 0 Å². The minimum Gasteiger partial charge on any atom is -0.497 e. The minimum absolute atomic E-state index is 0.0683. The number of aliphatic carboxylic acids is 4. The van der Waals surface area contributed by atoms with Gasteiger partial charge in [0.05, 0.1) is 30.6 Å². The first-order chi connectivity index (χ1) is 28.8. The second kappa shape index (κ2) is 22.1. The number of hydrogen-bond donors (Lipinski definition) is 6. The van der Waals surface area contributed by atoms with Crippen molar-refractivity contribution >= 4 is 52.3 Å². The SMILES string of the molecule is COc1ccc2c(Oc3ccc(NC(=O)c4c(C)n(C[C@@H](C)OC(=O)[C@H](C)N)n(-c5ccccc5)c4=O)cc3F)ccnc2c1.O=C(O)/C=C/C(=O)O.O=C(O)/C=C/C(=O)O. The summed E-state index contributed by atoms with van der Waals surface area (Å²) in [5.41, 5.74) is 6.45. The van der Waals surface area contributed by atoms with Crippen molar-refractivity contribution in [3.63, 3.8) is 0 Å². The van der Waals surface area contributed by atoms with Crippen LogP contribution in [0.1, 0.15) is 29.9 Å². The predicted octanol–water partition coefficient (Wildman–Crippen LogP) is 4.39. The van der Waals surface area contributed by atoms with E-state index < -0.39 is 59.3 Å². The molecular formula is C41H40FN5O14. The van der Waals surface area contributed by atoms with E-state index in [0.29, 0.717) is 58.1 Å². The number of anilines is 1. The van der Waals surface area contributed by atoms with Crippen LogP contribution in [-0.4, -0.2) is 89.8 Å². The molecule has 2 aromatic heterocycles. The Morgan fingerprint density at radius 2 is 1.43 bits per heavy atom. The van der Waals surface area contributed by atoms with Crippen molar-refractivity contribution in [3.8, 4) is 22.9 Å². The quantitative estimate of drug-likeness (QED) is 0.0667. The lowest BCUT2D eigenvalue weighted by Gasteiger charge is -2.19. The van der Waals surface area contributed by atoms with Crippen molar-refractivity contribution in [1.29, 1.82) is 0 Å². The number of rotatable bonds is 14. The van der Waals surface area contributed by atoms with Crippen molar-refractivity contribution in [3.05, 3.63) is 131 Å². The molecule has 0 unspecified atom stereocenters. The third kappa shape index (κ3) is 14.0. The highest BCUT2D eigenvalue weighted by Crippen LogP contribution is 2.33. The average Bonchev–Trinajstić information content (AvgIpc) is 3.45. The number of nitrogens with two attached hydrogens (primary N) is 1. The van der Waals surface area contributed by atoms with Crippen LogP contribution >= 0.6 is 0 Å². The Kier molecular flexibility index (Phi) is 17.1. The van der Waals surface area contributed by atoms with E-state index in [1.165, 1.54) is 23.7 Å². The number of nitrogens with zero attached hydrogens (tertiary/aromatic N) is 3. The number of para-hydroxylation sites is 1. The smallest absolute Gasteiger partial charge is 0.328 e. The molecule has 20 heteroatoms. The Morgan fingerprint density at radius 1 is 0.836 bits per heavy atom. The van der Waals surface area contributed by atoms with E-state index in [2.05, 4.69) is 10.3 Å². The van der Waals surface area contributed by atoms with Gasteiger partial charge in [-0.3, -0.25) is 24.0 Å². The number of ether oxygens (including phenoxy) is 3. The topological polar surface area (TPSA) is 289 Å². The minimum atomic E-state index is -1.26. The van der Waals surface area contributed by atoms with Gasteiger partial charge in [-0.15, -0.1) is 0 Å². The summed E-state index contributed by atoms with van der Waals surface area (Å²) in [6, 6.07) is 18.8. The van der Waals surface area contributed by atoms with Crippen LogP contribution in [0, 0.1) is 12.7 Å². The number of aromatic nitrogens is 3. The van der Waals surface area contributed by atoms with Crippen molar-refractivity contribution in [2.75, 3.05) is 12.4 Å². The van der Waals surface area contributed by atoms with Crippen molar-refractivity contribution < 1.29 is 67.8 Å². The summed E-state index contributed by atoms with van der Waals surface area (Å²) in [6.45, 7) is 4.86. The normalized spacial score (nSPS) is 11.6. The zero-order valence-electron chi connectivity index (χ0n) is 32.8. The number of hydrogen-bond acceptors (Lipinski definition) is 12. The molecule has 19 nitrogen and oxygen atoms in total. The highest BCUT2D eigenvalue weighted by atomic mass is 19.1. The fourth-order valence-electron chi connectivity index (χ4n) is 5.12. The molecule has 0 aliphatic heterocycles. The number of carbonyl (C=O) groups is 6. The molecule has 0 saturated carbocycles. The third-order valence-electron chi connectivity index (χ3n) is 7.80. The van der Waals surface area contributed by atoms with E-state index in [4.69, 9.17) is 40.4 Å². The summed E-state index contributed by atoms with van der Waals surface area (Å²) in [5.74, 6) is -6.14. The zero-order valence-corrected chi connectivity index (χ0v) is 32.8. The predicted molar refractivity (Wildman–Crippen MR) is 216 cm³/mol. The maximum atomic E-state index is 15.2. The van der Waals surface area contributed by atoms with Crippen molar-refractivity contribution in [1.82, 2.24) is 14.3 Å². The number of fused-ring (bicyclic) bond motifs is 1. The Labute approximate surface area is 345 Å². The molecule has 0 aliphatic rings. The van der Waals surface area contributed by atoms with Crippen LogP contribution in [0.25, 0.3) is 16.6 Å². The molecule has 2 heterocycles. The molecule has 5 aromatic rings. The lowest BCUT2D eigenvalue weighted by Crippen LogP contribution is -2.34. The van der Waals surface area contributed by atoms with Gasteiger partial charge in [0.1, 0.15) is 29.2 Å². The number of benzene rings is 3. The molecule has 0 bridgehead atoms. The van der Waals surface area contributed by atoms with E-state index in [-0.39, 0.29) is 23.5 Å². The summed E-state index contributed by atoms with van der Waals surface area (Å²) in [6.07, 6.45) is 3.11. The van der Waals surface area contributed by atoms with Crippen molar-refractivity contribution in [2.24, 2.45) is 5.73 Å². The fraction of sp³-hybridized carbons (Fsp3) is 0.171. The summed E-state index contributed by atoms with van der Waals surface area (Å²) >= 11 is 0. The summed E-state index contributed by atoms with van der Waals surface area (Å²) in [4.78, 5) is 81.7. The Balaban J connectivity index is 0.000000524. The second-order valence-electron chi connectivity index (χ2n) is 12.4. The molecule has 320 valence electrons. The number of pyridine rings is 1. The van der Waals surface area contributed by atoms with E-state index in [0.717, 1.165) is 6.07 Å². The van der Waals surface area contributed by atoms with Gasteiger partial charge in [0, 0.05) is 53.7 Å². The van der Waals surface area contributed by atoms with Gasteiger partial charge in [0.2, 0.25) is 0 Å². The van der Waals surface area contributed by atoms with Gasteiger partial charge in [-0.1, -0.05) is 18.2 Å². The van der Waals surface area contributed by atoms with E-state index >= 15 is 4.39 Å². The molecule has 0 spiro atoms. The van der Waals surface area contributed by atoms with Gasteiger partial charge in [-0.25, -0.2) is 28.3 Å². The molecule has 0 saturated heterocycles. The maximum absolute atomic E-state index is 15.2. The number of halogens is 1. The molecule has 0 fully saturated rings. The molecule has 7 N–H and O–H groups in total. The largest absolute Gasteiger partial charge is 0.497 e. The molecule has 0 radical (unpaired) electrons. The number of amides is 1. The third-order valence-corrected chi connectivity index (χ3v) is 7.80. The zero-order chi connectivity index (χ0) is 45.4. The van der Waals surface area contributed by atoms with Crippen LogP contribution in [0.4, 0.5) is 10.1 Å². The molecule has 0 aliphatic carbocycles. The molecule has 1 amide bonds. The summed E-state index contributed by atoms with van der Waals surface area (Å²) in [5, 5.41) is 34.5. The Morgan fingerprint density at radius 3 is 1.95 bits per heavy atom.